The van der Waals surface area contributed by atoms with Crippen LogP contribution in [0.15, 0.2) is 77.8 Å². The molecular formula is C33H34FN7O3S. The molecule has 0 radical (unpaired) electrons. The van der Waals surface area contributed by atoms with Crippen LogP contribution in [0.1, 0.15) is 30.5 Å². The number of carbonyl (C=O) groups excluding carboxylic acids is 3. The van der Waals surface area contributed by atoms with Crippen LogP contribution >= 0.6 is 11.3 Å². The standard InChI is InChI=1S/C33H34FN7O3S/c1-21(2)41(33(44)36-17-23-8-5-4-6-9-23)39-20-29(42)40-26(16-22-12-14-25(34)15-13-22)31(43)38(19-28(39)40)18-24-10-7-11-27-30(24)37-32(35-3)45-27/h4-15,21,26,28H,3,16-20H2,1-2H3,(H,36,44)/t26-,28+/m0/s1. The molecule has 4 amide bonds. The number of rotatable bonds is 9. The average Bonchev–Trinajstić information content (AvgIpc) is 3.60. The van der Waals surface area contributed by atoms with Gasteiger partial charge in [-0.15, -0.1) is 0 Å². The highest BCUT2D eigenvalue weighted by Gasteiger charge is 2.52. The summed E-state index contributed by atoms with van der Waals surface area (Å²) >= 11 is 1.42. The molecule has 0 unspecified atom stereocenters. The van der Waals surface area contributed by atoms with Crippen LogP contribution in [0.3, 0.4) is 0 Å². The number of thiazole rings is 1. The number of halogens is 1. The van der Waals surface area contributed by atoms with Gasteiger partial charge in [0.15, 0.2) is 0 Å². The van der Waals surface area contributed by atoms with E-state index in [1.54, 1.807) is 32.0 Å². The molecule has 2 aliphatic rings. The number of amides is 4. The Bertz CT molecular complexity index is 1730. The zero-order valence-electron chi connectivity index (χ0n) is 25.1. The largest absolute Gasteiger partial charge is 0.333 e. The summed E-state index contributed by atoms with van der Waals surface area (Å²) < 4.78 is 14.7. The fraction of sp³-hybridized carbons (Fsp3) is 0.303. The van der Waals surface area contributed by atoms with Gasteiger partial charge in [0.25, 0.3) is 0 Å². The molecule has 0 saturated carbocycles. The molecule has 2 aliphatic heterocycles. The predicted octanol–water partition coefficient (Wildman–Crippen LogP) is 4.73. The third-order valence-electron chi connectivity index (χ3n) is 8.16. The lowest BCUT2D eigenvalue weighted by Gasteiger charge is -2.47. The molecule has 3 aromatic carbocycles. The van der Waals surface area contributed by atoms with Crippen LogP contribution < -0.4 is 5.32 Å². The second-order valence-electron chi connectivity index (χ2n) is 11.4. The maximum atomic E-state index is 14.2. The molecule has 12 heteroatoms. The first kappa shape index (κ1) is 30.4. The average molecular weight is 628 g/mol. The highest BCUT2D eigenvalue weighted by molar-refractivity contribution is 7.22. The zero-order valence-corrected chi connectivity index (χ0v) is 25.9. The van der Waals surface area contributed by atoms with E-state index in [0.717, 1.165) is 26.9 Å². The van der Waals surface area contributed by atoms with Crippen molar-refractivity contribution < 1.29 is 18.8 Å². The summed E-state index contributed by atoms with van der Waals surface area (Å²) in [5, 5.41) is 6.89. The fourth-order valence-electron chi connectivity index (χ4n) is 6.10. The van der Waals surface area contributed by atoms with Crippen LogP contribution in [-0.4, -0.2) is 80.7 Å². The Morgan fingerprint density at radius 1 is 1.09 bits per heavy atom. The van der Waals surface area contributed by atoms with Crippen molar-refractivity contribution in [1.29, 1.82) is 0 Å². The number of hydrogen-bond acceptors (Lipinski definition) is 7. The highest BCUT2D eigenvalue weighted by Crippen LogP contribution is 2.34. The number of piperazine rings is 1. The van der Waals surface area contributed by atoms with Crippen molar-refractivity contribution in [2.24, 2.45) is 4.99 Å². The molecule has 232 valence electrons. The van der Waals surface area contributed by atoms with Gasteiger partial charge in [0.1, 0.15) is 18.0 Å². The number of benzene rings is 3. The van der Waals surface area contributed by atoms with Gasteiger partial charge in [-0.3, -0.25) is 14.6 Å². The highest BCUT2D eigenvalue weighted by atomic mass is 32.1. The van der Waals surface area contributed by atoms with Gasteiger partial charge in [0.2, 0.25) is 16.9 Å². The van der Waals surface area contributed by atoms with E-state index in [1.165, 1.54) is 23.5 Å². The number of aromatic nitrogens is 1. The Balaban J connectivity index is 1.33. The number of hydrazine groups is 1. The van der Waals surface area contributed by atoms with E-state index in [9.17, 15) is 18.8 Å². The van der Waals surface area contributed by atoms with E-state index >= 15 is 0 Å². The smallest absolute Gasteiger partial charge is 0.332 e. The van der Waals surface area contributed by atoms with Gasteiger partial charge in [-0.1, -0.05) is 65.9 Å². The molecule has 2 atom stereocenters. The number of nitrogens with zero attached hydrogens (tertiary/aromatic N) is 6. The first-order valence-corrected chi connectivity index (χ1v) is 15.6. The van der Waals surface area contributed by atoms with Gasteiger partial charge in [-0.25, -0.2) is 19.2 Å². The molecule has 45 heavy (non-hydrogen) atoms. The number of aliphatic imine (C=N–C) groups is 1. The summed E-state index contributed by atoms with van der Waals surface area (Å²) in [5.74, 6) is -0.842. The second-order valence-corrected chi connectivity index (χ2v) is 12.5. The molecule has 0 spiro atoms. The molecule has 10 nitrogen and oxygen atoms in total. The monoisotopic (exact) mass is 627 g/mol. The first-order valence-electron chi connectivity index (χ1n) is 14.8. The third kappa shape index (κ3) is 6.16. The fourth-order valence-corrected chi connectivity index (χ4v) is 6.92. The van der Waals surface area contributed by atoms with Gasteiger partial charge in [-0.05, 0) is 55.5 Å². The second kappa shape index (κ2) is 12.7. The summed E-state index contributed by atoms with van der Waals surface area (Å²) in [6, 6.07) is 19.9. The Kier molecular flexibility index (Phi) is 8.59. The number of para-hydroxylation sites is 1. The van der Waals surface area contributed by atoms with Crippen LogP contribution in [0.2, 0.25) is 0 Å². The molecular weight excluding hydrogens is 593 g/mol. The van der Waals surface area contributed by atoms with Crippen molar-refractivity contribution in [3.05, 3.63) is 95.3 Å². The van der Waals surface area contributed by atoms with Crippen LogP contribution in [0, 0.1) is 5.82 Å². The summed E-state index contributed by atoms with van der Waals surface area (Å²) in [7, 11) is 0. The lowest BCUT2D eigenvalue weighted by molar-refractivity contribution is -0.158. The summed E-state index contributed by atoms with van der Waals surface area (Å²) in [5.41, 5.74) is 3.27. The molecule has 2 fully saturated rings. The maximum Gasteiger partial charge on any atom is 0.332 e. The topological polar surface area (TPSA) is 101 Å². The molecule has 0 aliphatic carbocycles. The van der Waals surface area contributed by atoms with Crippen LogP contribution in [-0.2, 0) is 29.1 Å². The summed E-state index contributed by atoms with van der Waals surface area (Å²) in [6.07, 6.45) is -0.385. The van der Waals surface area contributed by atoms with E-state index < -0.39 is 12.2 Å². The Morgan fingerprint density at radius 2 is 1.84 bits per heavy atom. The van der Waals surface area contributed by atoms with Gasteiger partial charge in [-0.2, -0.15) is 5.01 Å². The van der Waals surface area contributed by atoms with E-state index in [0.29, 0.717) is 11.7 Å². The van der Waals surface area contributed by atoms with Gasteiger partial charge >= 0.3 is 6.03 Å². The van der Waals surface area contributed by atoms with E-state index in [1.807, 2.05) is 62.4 Å². The molecule has 1 aromatic heterocycles. The minimum Gasteiger partial charge on any atom is -0.333 e. The van der Waals surface area contributed by atoms with Crippen molar-refractivity contribution in [3.8, 4) is 0 Å². The Morgan fingerprint density at radius 3 is 2.56 bits per heavy atom. The number of carbonyl (C=O) groups is 3. The van der Waals surface area contributed by atoms with E-state index in [4.69, 9.17) is 0 Å². The minimum atomic E-state index is -0.840. The third-order valence-corrected chi connectivity index (χ3v) is 9.11. The van der Waals surface area contributed by atoms with Crippen molar-refractivity contribution in [2.45, 2.75) is 51.6 Å². The number of urea groups is 1. The number of nitrogens with one attached hydrogen (secondary N) is 1. The minimum absolute atomic E-state index is 0.0569. The number of hydrogen-bond donors (Lipinski definition) is 1. The van der Waals surface area contributed by atoms with Gasteiger partial charge in [0.05, 0.1) is 23.3 Å². The lowest BCUT2D eigenvalue weighted by atomic mass is 10.00. The Hall–Kier alpha value is -4.68. The van der Waals surface area contributed by atoms with Crippen molar-refractivity contribution in [2.75, 3.05) is 13.1 Å². The molecule has 2 saturated heterocycles. The van der Waals surface area contributed by atoms with Crippen LogP contribution in [0.4, 0.5) is 14.3 Å². The van der Waals surface area contributed by atoms with Crippen molar-refractivity contribution in [3.63, 3.8) is 0 Å². The summed E-state index contributed by atoms with van der Waals surface area (Å²) in [4.78, 5) is 53.5. The first-order chi connectivity index (χ1) is 21.7. The predicted molar refractivity (Wildman–Crippen MR) is 171 cm³/mol. The SMILES string of the molecule is C=Nc1nc2c(CN3C[C@H]4N(C(=O)CN4N(C(=O)NCc4ccccc4)C(C)C)[C@@H](Cc4ccc(F)cc4)C3=O)cccc2s1. The van der Waals surface area contributed by atoms with Gasteiger partial charge < -0.3 is 15.1 Å². The zero-order chi connectivity index (χ0) is 31.7. The molecule has 6 rings (SSSR count). The lowest BCUT2D eigenvalue weighted by Crippen LogP contribution is -2.66. The summed E-state index contributed by atoms with van der Waals surface area (Å²) in [6.45, 7) is 8.10. The molecule has 3 heterocycles. The normalized spacial score (nSPS) is 18.5. The number of fused-ring (bicyclic) bond motifs is 2. The molecule has 4 aromatic rings. The van der Waals surface area contributed by atoms with Gasteiger partial charge in [0, 0.05) is 25.6 Å². The van der Waals surface area contributed by atoms with Crippen LogP contribution in [0.5, 0.6) is 0 Å². The van der Waals surface area contributed by atoms with E-state index in [-0.39, 0.29) is 55.8 Å². The van der Waals surface area contributed by atoms with Crippen molar-refractivity contribution in [1.82, 2.24) is 30.1 Å². The maximum absolute atomic E-state index is 14.2. The quantitative estimate of drug-likeness (QED) is 0.271. The molecule has 1 N–H and O–H groups in total. The van der Waals surface area contributed by atoms with E-state index in [2.05, 4.69) is 22.0 Å². The van der Waals surface area contributed by atoms with Crippen molar-refractivity contribution >= 4 is 51.2 Å². The Labute approximate surface area is 264 Å². The molecule has 0 bridgehead atoms. The van der Waals surface area contributed by atoms with Crippen LogP contribution in [0.25, 0.3) is 10.2 Å².